The molecule has 3 aromatic carbocycles. The fourth-order valence-corrected chi connectivity index (χ4v) is 15.1. The molecular formula is C51H64F2N4O6SSi2. The summed E-state index contributed by atoms with van der Waals surface area (Å²) in [6, 6.07) is 27.4. The molecule has 3 aromatic heterocycles. The van der Waals surface area contributed by atoms with Gasteiger partial charge in [-0.15, -0.1) is 11.3 Å². The summed E-state index contributed by atoms with van der Waals surface area (Å²) in [6.07, 6.45) is 2.83. The van der Waals surface area contributed by atoms with Crippen molar-refractivity contribution in [1.82, 2.24) is 19.7 Å². The van der Waals surface area contributed by atoms with Crippen LogP contribution in [-0.4, -0.2) is 73.8 Å². The minimum atomic E-state index is -2.67. The predicted octanol–water partition coefficient (Wildman–Crippen LogP) is 11.3. The lowest BCUT2D eigenvalue weighted by Gasteiger charge is -2.43. The van der Waals surface area contributed by atoms with Gasteiger partial charge in [-0.1, -0.05) is 114 Å². The number of aromatic amines is 1. The van der Waals surface area contributed by atoms with Crippen molar-refractivity contribution in [3.05, 3.63) is 118 Å². The molecule has 7 rings (SSSR count). The van der Waals surface area contributed by atoms with Crippen LogP contribution < -0.4 is 20.7 Å². The van der Waals surface area contributed by atoms with Crippen LogP contribution in [0.3, 0.4) is 0 Å². The van der Waals surface area contributed by atoms with Gasteiger partial charge in [0.05, 0.1) is 46.2 Å². The van der Waals surface area contributed by atoms with Crippen molar-refractivity contribution in [2.24, 2.45) is 0 Å². The Morgan fingerprint density at radius 1 is 0.879 bits per heavy atom. The predicted molar refractivity (Wildman–Crippen MR) is 266 cm³/mol. The van der Waals surface area contributed by atoms with Crippen LogP contribution in [0, 0.1) is 11.6 Å². The number of unbranched alkanes of at least 4 members (excludes halogenated alkanes) is 2. The molecule has 0 saturated carbocycles. The van der Waals surface area contributed by atoms with Gasteiger partial charge in [0.1, 0.15) is 28.7 Å². The monoisotopic (exact) mass is 954 g/mol. The number of fused-ring (bicyclic) bond motifs is 2. The first-order valence-electron chi connectivity index (χ1n) is 22.9. The van der Waals surface area contributed by atoms with E-state index in [2.05, 4.69) is 93.9 Å². The van der Waals surface area contributed by atoms with E-state index in [-0.39, 0.29) is 47.0 Å². The molecule has 0 radical (unpaired) electrons. The lowest BCUT2D eigenvalue weighted by molar-refractivity contribution is 0.00525. The molecule has 0 spiro atoms. The Hall–Kier alpha value is -4.94. The summed E-state index contributed by atoms with van der Waals surface area (Å²) in [4.78, 5) is 32.3. The number of hydrogen-bond acceptors (Lipinski definition) is 8. The Morgan fingerprint density at radius 2 is 1.56 bits per heavy atom. The van der Waals surface area contributed by atoms with E-state index >= 15 is 4.39 Å². The highest BCUT2D eigenvalue weighted by atomic mass is 32.1. The number of benzene rings is 3. The summed E-state index contributed by atoms with van der Waals surface area (Å²) in [5.74, 6) is -1.72. The van der Waals surface area contributed by atoms with Gasteiger partial charge in [0, 0.05) is 39.0 Å². The maximum Gasteiger partial charge on any atom is 0.410 e. The molecule has 15 heteroatoms. The van der Waals surface area contributed by atoms with Crippen LogP contribution in [0.15, 0.2) is 95.1 Å². The summed E-state index contributed by atoms with van der Waals surface area (Å²) in [5, 5.41) is 9.49. The molecule has 1 aliphatic heterocycles. The van der Waals surface area contributed by atoms with E-state index < -0.39 is 39.7 Å². The maximum absolute atomic E-state index is 16.2. The Bertz CT molecular complexity index is 2630. The van der Waals surface area contributed by atoms with Crippen LogP contribution >= 0.6 is 11.3 Å². The quantitative estimate of drug-likeness (QED) is 0.0551. The summed E-state index contributed by atoms with van der Waals surface area (Å²) in [6.45, 7) is 20.5. The molecule has 1 atom stereocenters. The molecule has 10 nitrogen and oxygen atoms in total. The number of hydrogen-bond donors (Lipinski definition) is 1. The van der Waals surface area contributed by atoms with E-state index in [0.717, 1.165) is 43.1 Å². The Kier molecular flexibility index (Phi) is 14.9. The first-order chi connectivity index (χ1) is 31.3. The topological polar surface area (TPSA) is 108 Å². The van der Waals surface area contributed by atoms with Gasteiger partial charge >= 0.3 is 6.09 Å². The first-order valence-corrected chi connectivity index (χ1v) is 29.4. The minimum absolute atomic E-state index is 0.0120. The van der Waals surface area contributed by atoms with Gasteiger partial charge in [-0.05, 0) is 72.6 Å². The van der Waals surface area contributed by atoms with Crippen molar-refractivity contribution in [2.45, 2.75) is 123 Å². The molecule has 6 aromatic rings. The lowest BCUT2D eigenvalue weighted by Crippen LogP contribution is -2.66. The highest BCUT2D eigenvalue weighted by molar-refractivity contribution is 7.17. The van der Waals surface area contributed by atoms with Gasteiger partial charge in [0.2, 0.25) is 0 Å². The Balaban J connectivity index is 1.14. The second kappa shape index (κ2) is 20.1. The molecule has 0 saturated heterocycles. The van der Waals surface area contributed by atoms with Crippen LogP contribution in [0.4, 0.5) is 13.6 Å². The van der Waals surface area contributed by atoms with Crippen molar-refractivity contribution < 1.29 is 32.2 Å². The van der Waals surface area contributed by atoms with Gasteiger partial charge in [0.25, 0.3) is 13.9 Å². The number of rotatable bonds is 17. The number of carbonyl (C=O) groups excluding carboxylic acids is 1. The van der Waals surface area contributed by atoms with Crippen molar-refractivity contribution in [2.75, 3.05) is 20.0 Å². The van der Waals surface area contributed by atoms with Crippen LogP contribution in [0.1, 0.15) is 72.9 Å². The van der Waals surface area contributed by atoms with Gasteiger partial charge in [-0.2, -0.15) is 5.10 Å². The third kappa shape index (κ3) is 11.1. The highest BCUT2D eigenvalue weighted by Crippen LogP contribution is 2.44. The van der Waals surface area contributed by atoms with Crippen molar-refractivity contribution in [3.63, 3.8) is 0 Å². The highest BCUT2D eigenvalue weighted by Gasteiger charge is 2.50. The Labute approximate surface area is 393 Å². The number of nitrogens with one attached hydrogen (secondary N) is 1. The number of amides is 1. The zero-order chi connectivity index (χ0) is 47.4. The number of halogens is 2. The molecule has 0 fully saturated rings. The molecule has 0 bridgehead atoms. The average molecular weight is 955 g/mol. The van der Waals surface area contributed by atoms with Crippen LogP contribution in [0.5, 0.6) is 5.75 Å². The number of thiophene rings is 1. The van der Waals surface area contributed by atoms with Gasteiger partial charge in [-0.25, -0.2) is 13.6 Å². The third-order valence-corrected chi connectivity index (χ3v) is 19.7. The smallest absolute Gasteiger partial charge is 0.410 e. The number of pyridine rings is 1. The zero-order valence-electron chi connectivity index (χ0n) is 39.8. The van der Waals surface area contributed by atoms with E-state index in [1.54, 1.807) is 16.3 Å². The fourth-order valence-electron chi connectivity index (χ4n) is 8.81. The number of H-pyrrole nitrogens is 1. The van der Waals surface area contributed by atoms with Gasteiger partial charge < -0.3 is 23.6 Å². The summed E-state index contributed by atoms with van der Waals surface area (Å²) in [7, 11) is -4.06. The van der Waals surface area contributed by atoms with E-state index in [1.165, 1.54) is 21.7 Å². The Morgan fingerprint density at radius 3 is 2.20 bits per heavy atom. The molecule has 1 N–H and O–H groups in total. The fraction of sp³-hybridized carbons (Fsp3) is 0.431. The number of nitrogens with zero attached hydrogens (tertiary/aromatic N) is 3. The minimum Gasteiger partial charge on any atom is -0.467 e. The average Bonchev–Trinajstić information content (AvgIpc) is 3.91. The zero-order valence-corrected chi connectivity index (χ0v) is 42.6. The summed E-state index contributed by atoms with van der Waals surface area (Å²) < 4.78 is 58.3. The normalized spacial score (nSPS) is 14.7. The van der Waals surface area contributed by atoms with Crippen molar-refractivity contribution in [3.8, 4) is 28.3 Å². The largest absolute Gasteiger partial charge is 0.467 e. The maximum atomic E-state index is 16.2. The first kappa shape index (κ1) is 49.0. The molecule has 0 unspecified atom stereocenters. The standard InChI is InChI=1S/C51H64F2N4O6SSi2/c1-50(2,3)63-49(59)56-32-37-31-42(46-45(47-40(24-27-64-47)48(58)54-46)44-41(53)29-35(52)30-43(44)61-34-60-26-28-65(7,8)9)55-57(37)33-36(56)19-13-12-18-25-62-66(51(4,5)6,38-20-14-10-15-21-38)39-22-16-11-17-23-39/h10-11,14-17,20-24,27,29-31,36H,12-13,18-19,25-26,28,32-34H2,1-9H3,(H,54,58)/t36-/m1/s1. The second-order valence-electron chi connectivity index (χ2n) is 20.4. The van der Waals surface area contributed by atoms with Gasteiger partial charge in [-0.3, -0.25) is 14.4 Å². The number of aromatic nitrogens is 3. The SMILES string of the molecule is CC(C)(C)OC(=O)N1Cc2cc(-c3[nH]c(=O)c4ccsc4c3-c3c(F)cc(F)cc3OCOCC[Si](C)(C)C)nn2C[C@H]1CCCCCO[Si](c1ccccc1)(c1ccccc1)C(C)(C)C. The second-order valence-corrected chi connectivity index (χ2v) is 31.3. The van der Waals surface area contributed by atoms with E-state index in [9.17, 15) is 14.0 Å². The molecule has 4 heterocycles. The molecule has 352 valence electrons. The van der Waals surface area contributed by atoms with Crippen LogP contribution in [0.25, 0.3) is 32.6 Å². The number of ether oxygens (including phenoxy) is 3. The third-order valence-electron chi connectivity index (χ3n) is 12.0. The van der Waals surface area contributed by atoms with Gasteiger partial charge in [0.15, 0.2) is 6.79 Å². The van der Waals surface area contributed by atoms with E-state index in [1.807, 2.05) is 43.7 Å². The lowest BCUT2D eigenvalue weighted by atomic mass is 9.99. The van der Waals surface area contributed by atoms with Crippen LogP contribution in [-0.2, 0) is 27.0 Å². The molecule has 66 heavy (non-hydrogen) atoms. The van der Waals surface area contributed by atoms with E-state index in [4.69, 9.17) is 23.7 Å². The summed E-state index contributed by atoms with van der Waals surface area (Å²) >= 11 is 1.27. The molecular weight excluding hydrogens is 891 g/mol. The molecule has 0 aliphatic carbocycles. The molecule has 1 amide bonds. The van der Waals surface area contributed by atoms with Crippen molar-refractivity contribution >= 4 is 54.3 Å². The summed E-state index contributed by atoms with van der Waals surface area (Å²) in [5.41, 5.74) is 0.573. The van der Waals surface area contributed by atoms with E-state index in [0.29, 0.717) is 47.5 Å². The number of carbonyl (C=O) groups is 1. The molecule has 1 aliphatic rings. The van der Waals surface area contributed by atoms with Crippen molar-refractivity contribution in [1.29, 1.82) is 0 Å². The van der Waals surface area contributed by atoms with Crippen LogP contribution in [0.2, 0.25) is 30.7 Å².